The maximum atomic E-state index is 11.8. The molecule has 2 aromatic rings. The lowest BCUT2D eigenvalue weighted by atomic mass is 10.0. The highest BCUT2D eigenvalue weighted by molar-refractivity contribution is 6.12. The first-order valence-electron chi connectivity index (χ1n) is 6.64. The number of phenolic OH excluding ortho intramolecular Hbond substituents is 1. The number of nitrogens with one attached hydrogen (secondary N) is 1. The van der Waals surface area contributed by atoms with Gasteiger partial charge < -0.3 is 15.2 Å². The van der Waals surface area contributed by atoms with Gasteiger partial charge in [0.15, 0.2) is 0 Å². The molecule has 0 spiro atoms. The van der Waals surface area contributed by atoms with Gasteiger partial charge in [0.2, 0.25) is 5.91 Å². The maximum Gasteiger partial charge on any atom is 0.338 e. The number of carbonyl (C=O) groups excluding carboxylic acids is 2. The molecule has 0 aliphatic heterocycles. The average Bonchev–Trinajstić information content (AvgIpc) is 2.47. The number of amides is 1. The molecule has 5 heteroatoms. The summed E-state index contributed by atoms with van der Waals surface area (Å²) in [5.74, 6) is -0.844. The van der Waals surface area contributed by atoms with E-state index in [4.69, 9.17) is 4.74 Å². The summed E-state index contributed by atoms with van der Waals surface area (Å²) in [6, 6.07) is 8.00. The number of rotatable bonds is 2. The summed E-state index contributed by atoms with van der Waals surface area (Å²) in [6.45, 7) is 5.39. The third kappa shape index (κ3) is 3.72. The topological polar surface area (TPSA) is 75.6 Å². The van der Waals surface area contributed by atoms with Crippen LogP contribution in [0.15, 0.2) is 30.3 Å². The van der Waals surface area contributed by atoms with Crippen molar-refractivity contribution in [3.05, 3.63) is 35.9 Å². The molecule has 0 heterocycles. The van der Waals surface area contributed by atoms with Crippen molar-refractivity contribution in [2.24, 2.45) is 0 Å². The minimum atomic E-state index is -0.571. The molecule has 0 aromatic heterocycles. The van der Waals surface area contributed by atoms with Crippen LogP contribution in [0.2, 0.25) is 0 Å². The minimum Gasteiger partial charge on any atom is -0.508 e. The van der Waals surface area contributed by atoms with E-state index in [9.17, 15) is 14.7 Å². The number of anilines is 1. The molecule has 0 saturated carbocycles. The Morgan fingerprint density at radius 1 is 1.19 bits per heavy atom. The zero-order valence-corrected chi connectivity index (χ0v) is 12.6. The van der Waals surface area contributed by atoms with E-state index in [1.54, 1.807) is 18.2 Å². The fraction of sp³-hybridized carbons (Fsp3) is 0.250. The van der Waals surface area contributed by atoms with Gasteiger partial charge in [-0.25, -0.2) is 4.79 Å². The fourth-order valence-electron chi connectivity index (χ4n) is 1.98. The largest absolute Gasteiger partial charge is 0.508 e. The maximum absolute atomic E-state index is 11.8. The van der Waals surface area contributed by atoms with Crippen molar-refractivity contribution in [3.63, 3.8) is 0 Å². The summed E-state index contributed by atoms with van der Waals surface area (Å²) in [6.07, 6.45) is 0. The van der Waals surface area contributed by atoms with E-state index in [-0.39, 0.29) is 17.2 Å². The van der Waals surface area contributed by atoms with E-state index >= 15 is 0 Å². The first kappa shape index (κ1) is 16.5. The number of hydrogen-bond acceptors (Lipinski definition) is 4. The van der Waals surface area contributed by atoms with E-state index < -0.39 is 5.97 Å². The number of fused-ring (bicyclic) bond motifs is 1. The van der Waals surface area contributed by atoms with Crippen LogP contribution in [0, 0.1) is 0 Å². The third-order valence-corrected chi connectivity index (χ3v) is 2.68. The average molecular weight is 289 g/mol. The van der Waals surface area contributed by atoms with E-state index in [1.165, 1.54) is 26.2 Å². The molecule has 0 unspecified atom stereocenters. The first-order valence-corrected chi connectivity index (χ1v) is 6.64. The van der Waals surface area contributed by atoms with E-state index in [0.717, 1.165) is 0 Å². The Morgan fingerprint density at radius 3 is 2.43 bits per heavy atom. The number of phenols is 1. The van der Waals surface area contributed by atoms with Crippen molar-refractivity contribution in [3.8, 4) is 5.75 Å². The second-order valence-corrected chi connectivity index (χ2v) is 4.07. The molecule has 0 radical (unpaired) electrons. The molecule has 2 N–H and O–H groups in total. The Balaban J connectivity index is 0.00000106. The van der Waals surface area contributed by atoms with Crippen LogP contribution in [0.25, 0.3) is 10.8 Å². The lowest BCUT2D eigenvalue weighted by Crippen LogP contribution is -2.09. The quantitative estimate of drug-likeness (QED) is 0.832. The Labute approximate surface area is 123 Å². The van der Waals surface area contributed by atoms with Crippen LogP contribution in [0.3, 0.4) is 0 Å². The van der Waals surface area contributed by atoms with E-state index in [2.05, 4.69) is 5.32 Å². The highest BCUT2D eigenvalue weighted by Gasteiger charge is 2.15. The molecular weight excluding hydrogens is 270 g/mol. The number of benzene rings is 2. The second-order valence-electron chi connectivity index (χ2n) is 4.07. The van der Waals surface area contributed by atoms with Gasteiger partial charge in [0.1, 0.15) is 5.75 Å². The lowest BCUT2D eigenvalue weighted by Gasteiger charge is -2.11. The van der Waals surface area contributed by atoms with Gasteiger partial charge in [-0.15, -0.1) is 0 Å². The molecule has 2 aromatic carbocycles. The Kier molecular flexibility index (Phi) is 5.72. The SMILES string of the molecule is CC.COC(=O)c1cc(O)cc2cccc(NC(C)=O)c12. The summed E-state index contributed by atoms with van der Waals surface area (Å²) in [5.41, 5.74) is 0.715. The summed E-state index contributed by atoms with van der Waals surface area (Å²) >= 11 is 0. The standard InChI is InChI=1S/C14H13NO4.C2H6/c1-8(16)15-12-5-3-4-9-6-10(17)7-11(13(9)12)14(18)19-2;1-2/h3-7,17H,1-2H3,(H,15,16);1-2H3. The van der Waals surface area contributed by atoms with Crippen molar-refractivity contribution < 1.29 is 19.4 Å². The van der Waals surface area contributed by atoms with Gasteiger partial charge in [-0.3, -0.25) is 4.79 Å². The lowest BCUT2D eigenvalue weighted by molar-refractivity contribution is -0.114. The zero-order valence-electron chi connectivity index (χ0n) is 12.6. The molecule has 0 aliphatic carbocycles. The van der Waals surface area contributed by atoms with Gasteiger partial charge in [0.05, 0.1) is 12.7 Å². The number of methoxy groups -OCH3 is 1. The van der Waals surface area contributed by atoms with Gasteiger partial charge in [0, 0.05) is 18.0 Å². The van der Waals surface area contributed by atoms with Crippen LogP contribution in [-0.2, 0) is 9.53 Å². The zero-order chi connectivity index (χ0) is 16.0. The molecule has 2 rings (SSSR count). The van der Waals surface area contributed by atoms with E-state index in [0.29, 0.717) is 16.5 Å². The monoisotopic (exact) mass is 289 g/mol. The van der Waals surface area contributed by atoms with Crippen molar-refractivity contribution in [2.45, 2.75) is 20.8 Å². The Bertz CT molecular complexity index is 665. The van der Waals surface area contributed by atoms with Crippen LogP contribution >= 0.6 is 0 Å². The van der Waals surface area contributed by atoms with Crippen LogP contribution in [0.4, 0.5) is 5.69 Å². The molecule has 0 bridgehead atoms. The second kappa shape index (κ2) is 7.28. The van der Waals surface area contributed by atoms with Crippen LogP contribution in [0.5, 0.6) is 5.75 Å². The van der Waals surface area contributed by atoms with Crippen LogP contribution in [-0.4, -0.2) is 24.1 Å². The number of aromatic hydroxyl groups is 1. The van der Waals surface area contributed by atoms with Crippen LogP contribution < -0.4 is 5.32 Å². The van der Waals surface area contributed by atoms with Crippen molar-refractivity contribution in [1.29, 1.82) is 0 Å². The van der Waals surface area contributed by atoms with Crippen molar-refractivity contribution in [2.75, 3.05) is 12.4 Å². The fourth-order valence-corrected chi connectivity index (χ4v) is 1.98. The molecule has 0 saturated heterocycles. The normalized spacial score (nSPS) is 9.52. The molecule has 0 fully saturated rings. The molecular formula is C16H19NO4. The summed E-state index contributed by atoms with van der Waals surface area (Å²) < 4.78 is 4.70. The van der Waals surface area contributed by atoms with Gasteiger partial charge in [-0.1, -0.05) is 26.0 Å². The number of carbonyl (C=O) groups is 2. The number of esters is 1. The smallest absolute Gasteiger partial charge is 0.338 e. The predicted octanol–water partition coefficient (Wildman–Crippen LogP) is 3.32. The highest BCUT2D eigenvalue weighted by atomic mass is 16.5. The molecule has 5 nitrogen and oxygen atoms in total. The molecule has 0 aliphatic rings. The Hall–Kier alpha value is -2.56. The van der Waals surface area contributed by atoms with E-state index in [1.807, 2.05) is 13.8 Å². The molecule has 112 valence electrons. The van der Waals surface area contributed by atoms with Gasteiger partial charge in [-0.2, -0.15) is 0 Å². The summed E-state index contributed by atoms with van der Waals surface area (Å²) in [7, 11) is 1.26. The molecule has 21 heavy (non-hydrogen) atoms. The first-order chi connectivity index (χ1) is 10.0. The Morgan fingerprint density at radius 2 is 1.86 bits per heavy atom. The minimum absolute atomic E-state index is 0.0344. The summed E-state index contributed by atoms with van der Waals surface area (Å²) in [5, 5.41) is 13.5. The van der Waals surface area contributed by atoms with Gasteiger partial charge in [-0.05, 0) is 23.6 Å². The van der Waals surface area contributed by atoms with Crippen molar-refractivity contribution >= 4 is 28.3 Å². The van der Waals surface area contributed by atoms with Gasteiger partial charge >= 0.3 is 5.97 Å². The molecule has 0 atom stereocenters. The summed E-state index contributed by atoms with van der Waals surface area (Å²) in [4.78, 5) is 23.0. The van der Waals surface area contributed by atoms with Crippen molar-refractivity contribution in [1.82, 2.24) is 0 Å². The highest BCUT2D eigenvalue weighted by Crippen LogP contribution is 2.31. The predicted molar refractivity (Wildman–Crippen MR) is 82.6 cm³/mol. The number of ether oxygens (including phenoxy) is 1. The third-order valence-electron chi connectivity index (χ3n) is 2.68. The van der Waals surface area contributed by atoms with Gasteiger partial charge in [0.25, 0.3) is 0 Å². The molecule has 1 amide bonds. The van der Waals surface area contributed by atoms with Crippen LogP contribution in [0.1, 0.15) is 31.1 Å². The number of hydrogen-bond donors (Lipinski definition) is 2.